The summed E-state index contributed by atoms with van der Waals surface area (Å²) in [5.41, 5.74) is 0.802. The van der Waals surface area contributed by atoms with E-state index in [9.17, 15) is 9.18 Å². The van der Waals surface area contributed by atoms with E-state index in [2.05, 4.69) is 10.3 Å². The summed E-state index contributed by atoms with van der Waals surface area (Å²) < 4.78 is 30.5. The number of esters is 1. The third kappa shape index (κ3) is 4.12. The number of rotatable bonds is 4. The van der Waals surface area contributed by atoms with Crippen molar-refractivity contribution in [1.82, 2.24) is 10.3 Å². The minimum absolute atomic E-state index is 0.0377. The van der Waals surface area contributed by atoms with E-state index >= 15 is 0 Å². The van der Waals surface area contributed by atoms with Crippen LogP contribution in [0, 0.1) is 5.82 Å². The van der Waals surface area contributed by atoms with Crippen LogP contribution >= 0.6 is 11.6 Å². The van der Waals surface area contributed by atoms with E-state index in [0.717, 1.165) is 0 Å². The molecule has 8 heteroatoms. The van der Waals surface area contributed by atoms with Crippen molar-refractivity contribution in [2.45, 2.75) is 12.2 Å². The number of nitrogens with one attached hydrogen (secondary N) is 1. The average Bonchev–Trinajstić information content (AvgIpc) is 2.89. The van der Waals surface area contributed by atoms with E-state index < -0.39 is 24.0 Å². The number of halogens is 2. The van der Waals surface area contributed by atoms with Crippen LogP contribution in [0.1, 0.15) is 22.0 Å². The highest BCUT2D eigenvalue weighted by atomic mass is 35.5. The first kappa shape index (κ1) is 18.6. The molecule has 0 bridgehead atoms. The van der Waals surface area contributed by atoms with Gasteiger partial charge in [-0.3, -0.25) is 0 Å². The third-order valence-electron chi connectivity index (χ3n) is 3.97. The molecule has 1 N–H and O–H groups in total. The number of ether oxygens (including phenoxy) is 3. The van der Waals surface area contributed by atoms with Gasteiger partial charge in [-0.2, -0.15) is 0 Å². The van der Waals surface area contributed by atoms with E-state index in [4.69, 9.17) is 25.8 Å². The van der Waals surface area contributed by atoms with Gasteiger partial charge in [0.05, 0.1) is 18.7 Å². The molecule has 0 saturated carbocycles. The third-order valence-corrected chi connectivity index (χ3v) is 4.28. The molecular formula is C18H18ClFN2O4. The van der Waals surface area contributed by atoms with Crippen molar-refractivity contribution in [2.75, 3.05) is 26.8 Å². The fraction of sp³-hybridized carbons (Fsp3) is 0.333. The first-order valence-electron chi connectivity index (χ1n) is 8.07. The number of pyridine rings is 1. The van der Waals surface area contributed by atoms with Crippen LogP contribution in [0.5, 0.6) is 5.88 Å². The van der Waals surface area contributed by atoms with Gasteiger partial charge < -0.3 is 19.5 Å². The van der Waals surface area contributed by atoms with Gasteiger partial charge in [-0.15, -0.1) is 0 Å². The topological polar surface area (TPSA) is 69.7 Å². The number of benzene rings is 1. The Morgan fingerprint density at radius 1 is 1.42 bits per heavy atom. The van der Waals surface area contributed by atoms with Gasteiger partial charge in [-0.05, 0) is 29.8 Å². The summed E-state index contributed by atoms with van der Waals surface area (Å²) in [7, 11) is 1.29. The lowest BCUT2D eigenvalue weighted by atomic mass is 10.0. The SMILES string of the molecule is COC(=O)c1cccnc1OC1CNCCOC1c1ccc(Cl)c(F)c1. The lowest BCUT2D eigenvalue weighted by Gasteiger charge is -2.26. The van der Waals surface area contributed by atoms with Gasteiger partial charge in [0, 0.05) is 19.3 Å². The number of carbonyl (C=O) groups is 1. The van der Waals surface area contributed by atoms with Crippen molar-refractivity contribution >= 4 is 17.6 Å². The molecule has 2 atom stereocenters. The highest BCUT2D eigenvalue weighted by Gasteiger charge is 2.30. The van der Waals surface area contributed by atoms with Crippen molar-refractivity contribution in [1.29, 1.82) is 0 Å². The Morgan fingerprint density at radius 3 is 3.04 bits per heavy atom. The van der Waals surface area contributed by atoms with Gasteiger partial charge >= 0.3 is 5.97 Å². The summed E-state index contributed by atoms with van der Waals surface area (Å²) in [6, 6.07) is 7.68. The molecule has 0 aliphatic carbocycles. The minimum Gasteiger partial charge on any atom is -0.469 e. The Bertz CT molecular complexity index is 790. The Hall–Kier alpha value is -2.22. The normalized spacial score (nSPS) is 20.3. The van der Waals surface area contributed by atoms with Gasteiger partial charge in [-0.1, -0.05) is 17.7 Å². The molecule has 0 amide bonds. The van der Waals surface area contributed by atoms with Crippen LogP contribution in [0.25, 0.3) is 0 Å². The van der Waals surface area contributed by atoms with Crippen LogP contribution in [-0.2, 0) is 9.47 Å². The number of nitrogens with zero attached hydrogens (tertiary/aromatic N) is 1. The van der Waals surface area contributed by atoms with Crippen LogP contribution in [0.3, 0.4) is 0 Å². The number of carbonyl (C=O) groups excluding carboxylic acids is 1. The number of hydrogen-bond acceptors (Lipinski definition) is 6. The Kier molecular flexibility index (Phi) is 6.03. The van der Waals surface area contributed by atoms with Crippen molar-refractivity contribution in [2.24, 2.45) is 0 Å². The average molecular weight is 381 g/mol. The second-order valence-corrected chi connectivity index (χ2v) is 6.08. The Morgan fingerprint density at radius 2 is 2.27 bits per heavy atom. The maximum Gasteiger partial charge on any atom is 0.343 e. The lowest BCUT2D eigenvalue weighted by Crippen LogP contribution is -2.35. The zero-order valence-electron chi connectivity index (χ0n) is 14.1. The molecule has 1 aromatic carbocycles. The minimum atomic E-state index is -0.552. The molecule has 3 rings (SSSR count). The fourth-order valence-corrected chi connectivity index (χ4v) is 2.83. The fourth-order valence-electron chi connectivity index (χ4n) is 2.71. The second kappa shape index (κ2) is 8.44. The van der Waals surface area contributed by atoms with Crippen LogP contribution in [0.15, 0.2) is 36.5 Å². The van der Waals surface area contributed by atoms with E-state index in [1.807, 2.05) is 0 Å². The smallest absolute Gasteiger partial charge is 0.343 e. The standard InChI is InChI=1S/C18H18ClFN2O4/c1-24-18(23)12-3-2-6-22-17(12)26-15-10-21-7-8-25-16(15)11-4-5-13(19)14(20)9-11/h2-6,9,15-16,21H,7-8,10H2,1H3. The highest BCUT2D eigenvalue weighted by Crippen LogP contribution is 2.29. The quantitative estimate of drug-likeness (QED) is 0.822. The maximum absolute atomic E-state index is 13.9. The molecule has 0 spiro atoms. The predicted molar refractivity (Wildman–Crippen MR) is 93.0 cm³/mol. The maximum atomic E-state index is 13.9. The van der Waals surface area contributed by atoms with Crippen molar-refractivity contribution < 1.29 is 23.4 Å². The van der Waals surface area contributed by atoms with Gasteiger partial charge in [-0.25, -0.2) is 14.2 Å². The highest BCUT2D eigenvalue weighted by molar-refractivity contribution is 6.30. The van der Waals surface area contributed by atoms with Crippen molar-refractivity contribution in [3.63, 3.8) is 0 Å². The van der Waals surface area contributed by atoms with Crippen molar-refractivity contribution in [3.8, 4) is 5.88 Å². The molecule has 2 unspecified atom stereocenters. The molecule has 2 heterocycles. The lowest BCUT2D eigenvalue weighted by molar-refractivity contribution is -0.0108. The van der Waals surface area contributed by atoms with E-state index in [0.29, 0.717) is 25.3 Å². The Labute approximate surface area is 155 Å². The molecule has 1 aliphatic rings. The van der Waals surface area contributed by atoms with E-state index in [1.54, 1.807) is 18.2 Å². The van der Waals surface area contributed by atoms with E-state index in [-0.39, 0.29) is 16.5 Å². The summed E-state index contributed by atoms with van der Waals surface area (Å²) in [5.74, 6) is -0.947. The summed E-state index contributed by atoms with van der Waals surface area (Å²) >= 11 is 5.77. The van der Waals surface area contributed by atoms with Crippen LogP contribution < -0.4 is 10.1 Å². The van der Waals surface area contributed by atoms with Crippen molar-refractivity contribution in [3.05, 3.63) is 58.5 Å². The molecule has 0 radical (unpaired) electrons. The second-order valence-electron chi connectivity index (χ2n) is 5.67. The van der Waals surface area contributed by atoms with Crippen LogP contribution in [0.2, 0.25) is 5.02 Å². The molecule has 1 saturated heterocycles. The Balaban J connectivity index is 1.90. The van der Waals surface area contributed by atoms with E-state index in [1.165, 1.54) is 25.4 Å². The number of methoxy groups -OCH3 is 1. The number of hydrogen-bond donors (Lipinski definition) is 1. The molecule has 1 fully saturated rings. The largest absolute Gasteiger partial charge is 0.469 e. The molecule has 138 valence electrons. The van der Waals surface area contributed by atoms with Crippen LogP contribution in [0.4, 0.5) is 4.39 Å². The summed E-state index contributed by atoms with van der Waals surface area (Å²) in [5, 5.41) is 3.23. The van der Waals surface area contributed by atoms with Gasteiger partial charge in [0.25, 0.3) is 0 Å². The van der Waals surface area contributed by atoms with Gasteiger partial charge in [0.15, 0.2) is 0 Å². The predicted octanol–water partition coefficient (Wildman–Crippen LogP) is 2.77. The first-order valence-corrected chi connectivity index (χ1v) is 8.45. The molecule has 2 aromatic rings. The first-order chi connectivity index (χ1) is 12.6. The number of aromatic nitrogens is 1. The van der Waals surface area contributed by atoms with Gasteiger partial charge in [0.2, 0.25) is 5.88 Å². The molecule has 1 aliphatic heterocycles. The monoisotopic (exact) mass is 380 g/mol. The van der Waals surface area contributed by atoms with Crippen LogP contribution in [-0.4, -0.2) is 43.9 Å². The zero-order valence-corrected chi connectivity index (χ0v) is 14.8. The summed E-state index contributed by atoms with van der Waals surface area (Å²) in [4.78, 5) is 16.1. The molecule has 26 heavy (non-hydrogen) atoms. The van der Waals surface area contributed by atoms with Gasteiger partial charge in [0.1, 0.15) is 23.6 Å². The summed E-state index contributed by atoms with van der Waals surface area (Å²) in [6.07, 6.45) is 0.435. The molecular weight excluding hydrogens is 363 g/mol. The zero-order chi connectivity index (χ0) is 18.5. The summed E-state index contributed by atoms with van der Waals surface area (Å²) in [6.45, 7) is 1.49. The molecule has 6 nitrogen and oxygen atoms in total. The molecule has 1 aromatic heterocycles.